The Morgan fingerprint density at radius 1 is 1.22 bits per heavy atom. The summed E-state index contributed by atoms with van der Waals surface area (Å²) < 4.78 is 0. The van der Waals surface area contributed by atoms with Crippen LogP contribution in [-0.2, 0) is 0 Å². The van der Waals surface area contributed by atoms with Crippen LogP contribution in [0.3, 0.4) is 0 Å². The van der Waals surface area contributed by atoms with E-state index in [0.29, 0.717) is 0 Å². The van der Waals surface area contributed by atoms with E-state index in [9.17, 15) is 0 Å². The minimum Gasteiger partial charge on any atom is -0.439 e. The molecule has 1 nitrogen and oxygen atoms in total. The van der Waals surface area contributed by atoms with E-state index in [-0.39, 0.29) is 0 Å². The summed E-state index contributed by atoms with van der Waals surface area (Å²) in [6.07, 6.45) is 2.06. The van der Waals surface area contributed by atoms with Gasteiger partial charge >= 0.3 is 0 Å². The van der Waals surface area contributed by atoms with Crippen molar-refractivity contribution in [2.45, 2.75) is 0 Å². The Labute approximate surface area is 54.7 Å². The highest BCUT2D eigenvalue weighted by atomic mass is 14.9. The molecule has 45 valence electrons. The van der Waals surface area contributed by atoms with Gasteiger partial charge in [-0.15, -0.1) is 6.07 Å². The fourth-order valence-corrected chi connectivity index (χ4v) is 0.995. The molecule has 0 amide bonds. The molecule has 1 heterocycles. The first kappa shape index (κ1) is 4.74. The zero-order valence-electron chi connectivity index (χ0n) is 4.96. The third-order valence-electron chi connectivity index (χ3n) is 1.46. The standard InChI is InChI=1S/C8H7N/c1-2-4-8-7(3-1)5-6-9-8/h1-6,9H/q-1. The number of anilines is 1. The summed E-state index contributed by atoms with van der Waals surface area (Å²) in [4.78, 5) is 0. The Hall–Kier alpha value is -1.11. The molecule has 9 heavy (non-hydrogen) atoms. The minimum absolute atomic E-state index is 1.21. The van der Waals surface area contributed by atoms with E-state index in [1.165, 1.54) is 11.3 Å². The smallest absolute Gasteiger partial charge is 0.00105 e. The van der Waals surface area contributed by atoms with Crippen molar-refractivity contribution in [1.82, 2.24) is 0 Å². The molecular formula is C8H7N-. The van der Waals surface area contributed by atoms with Gasteiger partial charge < -0.3 is 5.32 Å². The lowest BCUT2D eigenvalue weighted by Gasteiger charge is -2.03. The molecule has 0 aromatic heterocycles. The molecule has 1 aliphatic heterocycles. The first-order chi connectivity index (χ1) is 4.47. The average Bonchev–Trinajstić information content (AvgIpc) is 2.33. The van der Waals surface area contributed by atoms with E-state index in [1.807, 2.05) is 18.7 Å². The second-order valence-corrected chi connectivity index (χ2v) is 2.06. The molecule has 1 N–H and O–H groups in total. The maximum atomic E-state index is 3.12. The molecule has 0 unspecified atom stereocenters. The highest BCUT2D eigenvalue weighted by Crippen LogP contribution is 2.23. The zero-order chi connectivity index (χ0) is 6.10. The largest absolute Gasteiger partial charge is 0.439 e. The monoisotopic (exact) mass is 117 g/mol. The summed E-state index contributed by atoms with van der Waals surface area (Å²) in [6.45, 7) is 1.95. The maximum Gasteiger partial charge on any atom is 0.00105 e. The second-order valence-electron chi connectivity index (χ2n) is 2.06. The van der Waals surface area contributed by atoms with Gasteiger partial charge in [0.15, 0.2) is 0 Å². The molecule has 1 aliphatic rings. The third-order valence-corrected chi connectivity index (χ3v) is 1.46. The van der Waals surface area contributed by atoms with Gasteiger partial charge in [0, 0.05) is 6.54 Å². The van der Waals surface area contributed by atoms with E-state index >= 15 is 0 Å². The summed E-state index contributed by atoms with van der Waals surface area (Å²) in [6, 6.07) is 8.22. The van der Waals surface area contributed by atoms with Gasteiger partial charge in [0.1, 0.15) is 0 Å². The molecule has 0 atom stereocenters. The number of benzene rings is 1. The lowest BCUT2D eigenvalue weighted by atomic mass is 10.2. The fraction of sp³-hybridized carbons (Fsp3) is 0. The van der Waals surface area contributed by atoms with E-state index in [2.05, 4.69) is 23.9 Å². The van der Waals surface area contributed by atoms with Crippen LogP contribution in [0.25, 0.3) is 0 Å². The van der Waals surface area contributed by atoms with Crippen LogP contribution in [0.1, 0.15) is 5.56 Å². The van der Waals surface area contributed by atoms with Gasteiger partial charge in [-0.05, 0) is 0 Å². The van der Waals surface area contributed by atoms with E-state index in [4.69, 9.17) is 0 Å². The van der Waals surface area contributed by atoms with Crippen LogP contribution in [0, 0.1) is 13.0 Å². The molecule has 1 aromatic carbocycles. The summed E-state index contributed by atoms with van der Waals surface area (Å²) in [5.74, 6) is 0. The van der Waals surface area contributed by atoms with Crippen molar-refractivity contribution < 1.29 is 0 Å². The second kappa shape index (κ2) is 1.69. The van der Waals surface area contributed by atoms with Crippen LogP contribution < -0.4 is 5.32 Å². The molecule has 1 radical (unpaired) electrons. The van der Waals surface area contributed by atoms with Gasteiger partial charge in [-0.3, -0.25) is 0 Å². The molecule has 2 rings (SSSR count). The quantitative estimate of drug-likeness (QED) is 0.511. The lowest BCUT2D eigenvalue weighted by molar-refractivity contribution is 1.55. The SMILES string of the molecule is [CH]1[CH-]c2ccccc2N1. The predicted octanol–water partition coefficient (Wildman–Crippen LogP) is 1.83. The molecular weight excluding hydrogens is 110 g/mol. The third kappa shape index (κ3) is 0.653. The van der Waals surface area contributed by atoms with Crippen LogP contribution in [-0.4, -0.2) is 0 Å². The molecule has 0 spiro atoms. The summed E-state index contributed by atoms with van der Waals surface area (Å²) in [5.41, 5.74) is 2.48. The highest BCUT2D eigenvalue weighted by molar-refractivity contribution is 5.62. The van der Waals surface area contributed by atoms with Gasteiger partial charge in [0.05, 0.1) is 0 Å². The van der Waals surface area contributed by atoms with Crippen molar-refractivity contribution in [3.05, 3.63) is 42.8 Å². The molecule has 0 saturated carbocycles. The highest BCUT2D eigenvalue weighted by Gasteiger charge is 1.96. The van der Waals surface area contributed by atoms with Crippen LogP contribution >= 0.6 is 0 Å². The Morgan fingerprint density at radius 3 is 3.00 bits per heavy atom. The summed E-state index contributed by atoms with van der Waals surface area (Å²) in [7, 11) is 0. The van der Waals surface area contributed by atoms with E-state index in [0.717, 1.165) is 0 Å². The maximum absolute atomic E-state index is 3.12. The molecule has 0 saturated heterocycles. The number of para-hydroxylation sites is 1. The van der Waals surface area contributed by atoms with Crippen LogP contribution in [0.15, 0.2) is 24.3 Å². The average molecular weight is 117 g/mol. The van der Waals surface area contributed by atoms with Crippen LogP contribution in [0.2, 0.25) is 0 Å². The van der Waals surface area contributed by atoms with Crippen molar-refractivity contribution in [3.63, 3.8) is 0 Å². The fourth-order valence-electron chi connectivity index (χ4n) is 0.995. The number of hydrogen-bond acceptors (Lipinski definition) is 1. The molecule has 0 bridgehead atoms. The van der Waals surface area contributed by atoms with E-state index < -0.39 is 0 Å². The Morgan fingerprint density at radius 2 is 2.11 bits per heavy atom. The van der Waals surface area contributed by atoms with Crippen molar-refractivity contribution in [2.24, 2.45) is 0 Å². The summed E-state index contributed by atoms with van der Waals surface area (Å²) >= 11 is 0. The zero-order valence-corrected chi connectivity index (χ0v) is 4.96. The van der Waals surface area contributed by atoms with Crippen molar-refractivity contribution in [1.29, 1.82) is 0 Å². The molecule has 1 heteroatoms. The first-order valence-corrected chi connectivity index (χ1v) is 2.99. The van der Waals surface area contributed by atoms with Crippen molar-refractivity contribution in [2.75, 3.05) is 5.32 Å². The van der Waals surface area contributed by atoms with Crippen LogP contribution in [0.5, 0.6) is 0 Å². The summed E-state index contributed by atoms with van der Waals surface area (Å²) in [5, 5.41) is 3.12. The number of rotatable bonds is 0. The molecule has 0 aliphatic carbocycles. The van der Waals surface area contributed by atoms with Crippen molar-refractivity contribution in [3.8, 4) is 0 Å². The Kier molecular flexibility index (Phi) is 0.890. The molecule has 1 aromatic rings. The Bertz CT molecular complexity index is 195. The van der Waals surface area contributed by atoms with Gasteiger partial charge in [-0.1, -0.05) is 17.8 Å². The number of hydrogen-bond donors (Lipinski definition) is 1. The lowest BCUT2D eigenvalue weighted by Crippen LogP contribution is -1.81. The normalized spacial score (nSPS) is 13.8. The topological polar surface area (TPSA) is 12.0 Å². The van der Waals surface area contributed by atoms with Crippen molar-refractivity contribution >= 4 is 5.69 Å². The van der Waals surface area contributed by atoms with Gasteiger partial charge in [-0.25, -0.2) is 0 Å². The minimum atomic E-state index is 1.21. The Balaban J connectivity index is 2.54. The van der Waals surface area contributed by atoms with Gasteiger partial charge in [0.25, 0.3) is 0 Å². The first-order valence-electron chi connectivity index (χ1n) is 2.99. The molecule has 0 fully saturated rings. The van der Waals surface area contributed by atoms with Gasteiger partial charge in [-0.2, -0.15) is 18.1 Å². The van der Waals surface area contributed by atoms with E-state index in [1.54, 1.807) is 0 Å². The predicted molar refractivity (Wildman–Crippen MR) is 37.8 cm³/mol. The van der Waals surface area contributed by atoms with Crippen LogP contribution in [0.4, 0.5) is 5.69 Å². The number of fused-ring (bicyclic) bond motifs is 1. The number of nitrogens with one attached hydrogen (secondary N) is 1. The van der Waals surface area contributed by atoms with Gasteiger partial charge in [0.2, 0.25) is 0 Å².